The Hall–Kier alpha value is -2.18. The van der Waals surface area contributed by atoms with Gasteiger partial charge in [-0.3, -0.25) is 9.69 Å². The number of aromatic amines is 1. The van der Waals surface area contributed by atoms with Crippen molar-refractivity contribution in [3.63, 3.8) is 0 Å². The number of aromatic nitrogens is 2. The third-order valence-corrected chi connectivity index (χ3v) is 4.58. The molecule has 1 aromatic heterocycles. The largest absolute Gasteiger partial charge is 0.481 e. The van der Waals surface area contributed by atoms with Gasteiger partial charge in [0.15, 0.2) is 0 Å². The quantitative estimate of drug-likeness (QED) is 0.773. The highest BCUT2D eigenvalue weighted by Crippen LogP contribution is 2.35. The lowest BCUT2D eigenvalue weighted by Gasteiger charge is -2.43. The van der Waals surface area contributed by atoms with E-state index in [1.54, 1.807) is 12.4 Å². The van der Waals surface area contributed by atoms with Crippen LogP contribution in [-0.4, -0.2) is 50.2 Å². The van der Waals surface area contributed by atoms with Gasteiger partial charge in [0.25, 0.3) is 0 Å². The molecule has 2 heterocycles. The molecule has 0 radical (unpaired) electrons. The molecule has 0 aliphatic carbocycles. The van der Waals surface area contributed by atoms with Crippen LogP contribution in [-0.2, 0) is 17.8 Å². The Morgan fingerprint density at radius 3 is 2.83 bits per heavy atom. The molecule has 2 atom stereocenters. The summed E-state index contributed by atoms with van der Waals surface area (Å²) in [5.41, 5.74) is -0.263. The molecule has 1 fully saturated rings. The van der Waals surface area contributed by atoms with Gasteiger partial charge >= 0.3 is 5.97 Å². The van der Waals surface area contributed by atoms with Crippen LogP contribution in [0, 0.1) is 5.41 Å². The van der Waals surface area contributed by atoms with Crippen molar-refractivity contribution in [2.45, 2.75) is 25.5 Å². The number of imidazole rings is 1. The molecule has 23 heavy (non-hydrogen) atoms. The summed E-state index contributed by atoms with van der Waals surface area (Å²) < 4.78 is 0. The zero-order valence-corrected chi connectivity index (χ0v) is 12.9. The molecular weight excluding hydrogens is 294 g/mol. The van der Waals surface area contributed by atoms with Gasteiger partial charge in [0, 0.05) is 25.5 Å². The van der Waals surface area contributed by atoms with E-state index in [9.17, 15) is 15.0 Å². The maximum Gasteiger partial charge on any atom is 0.313 e. The van der Waals surface area contributed by atoms with Gasteiger partial charge in [-0.1, -0.05) is 30.3 Å². The van der Waals surface area contributed by atoms with E-state index in [0.717, 1.165) is 11.4 Å². The Balaban J connectivity index is 1.82. The van der Waals surface area contributed by atoms with Gasteiger partial charge in [-0.05, 0) is 18.4 Å². The Bertz CT molecular complexity index is 644. The summed E-state index contributed by atoms with van der Waals surface area (Å²) in [6, 6.07) is 9.49. The van der Waals surface area contributed by atoms with Crippen molar-refractivity contribution >= 4 is 5.97 Å². The van der Waals surface area contributed by atoms with Gasteiger partial charge in [0.05, 0.1) is 12.6 Å². The second kappa shape index (κ2) is 6.52. The van der Waals surface area contributed by atoms with Crippen LogP contribution in [0.25, 0.3) is 0 Å². The van der Waals surface area contributed by atoms with E-state index < -0.39 is 17.5 Å². The number of aliphatic hydroxyl groups excluding tert-OH is 1. The third-order valence-electron chi connectivity index (χ3n) is 4.58. The summed E-state index contributed by atoms with van der Waals surface area (Å²) in [4.78, 5) is 21.3. The van der Waals surface area contributed by atoms with Crippen molar-refractivity contribution in [2.24, 2.45) is 5.41 Å². The highest BCUT2D eigenvalue weighted by atomic mass is 16.4. The molecule has 3 N–H and O–H groups in total. The van der Waals surface area contributed by atoms with Crippen molar-refractivity contribution in [3.8, 4) is 0 Å². The first-order valence-corrected chi connectivity index (χ1v) is 7.76. The van der Waals surface area contributed by atoms with Crippen LogP contribution in [0.2, 0.25) is 0 Å². The molecule has 1 aliphatic heterocycles. The lowest BCUT2D eigenvalue weighted by atomic mass is 9.73. The van der Waals surface area contributed by atoms with Crippen molar-refractivity contribution in [2.75, 3.05) is 13.1 Å². The lowest BCUT2D eigenvalue weighted by Crippen LogP contribution is -2.56. The van der Waals surface area contributed by atoms with Gasteiger partial charge in [-0.25, -0.2) is 4.98 Å². The molecule has 2 aromatic rings. The normalized spacial score (nSPS) is 25.3. The van der Waals surface area contributed by atoms with Crippen LogP contribution in [0.3, 0.4) is 0 Å². The minimum Gasteiger partial charge on any atom is -0.481 e. The maximum absolute atomic E-state index is 12.0. The molecule has 0 bridgehead atoms. The molecular formula is C17H21N3O3. The minimum absolute atomic E-state index is 0.305. The average Bonchev–Trinajstić information content (AvgIpc) is 3.04. The van der Waals surface area contributed by atoms with Crippen molar-refractivity contribution in [1.29, 1.82) is 0 Å². The Morgan fingerprint density at radius 2 is 2.17 bits per heavy atom. The summed E-state index contributed by atoms with van der Waals surface area (Å²) in [7, 11) is 0. The molecule has 0 amide bonds. The zero-order chi connectivity index (χ0) is 16.3. The first kappa shape index (κ1) is 15.7. The van der Waals surface area contributed by atoms with Crippen molar-refractivity contribution in [1.82, 2.24) is 14.9 Å². The number of likely N-dealkylation sites (tertiary alicyclic amines) is 1. The number of rotatable bonds is 5. The van der Waals surface area contributed by atoms with Gasteiger partial charge in [0.2, 0.25) is 0 Å². The molecule has 3 rings (SSSR count). The maximum atomic E-state index is 12.0. The van der Waals surface area contributed by atoms with Gasteiger partial charge in [-0.2, -0.15) is 0 Å². The summed E-state index contributed by atoms with van der Waals surface area (Å²) in [6.07, 6.45) is 3.34. The monoisotopic (exact) mass is 315 g/mol. The summed E-state index contributed by atoms with van der Waals surface area (Å²) in [5.74, 6) is -0.140. The molecule has 0 saturated carbocycles. The number of nitrogens with one attached hydrogen (secondary N) is 1. The number of hydrogen-bond donors (Lipinski definition) is 3. The zero-order valence-electron chi connectivity index (χ0n) is 12.9. The van der Waals surface area contributed by atoms with Crippen molar-refractivity contribution in [3.05, 3.63) is 54.1 Å². The van der Waals surface area contributed by atoms with Crippen molar-refractivity contribution < 1.29 is 15.0 Å². The number of piperidine rings is 1. The lowest BCUT2D eigenvalue weighted by molar-refractivity contribution is -0.163. The van der Waals surface area contributed by atoms with Crippen LogP contribution in [0.15, 0.2) is 42.7 Å². The van der Waals surface area contributed by atoms with Crippen LogP contribution >= 0.6 is 0 Å². The standard InChI is InChI=1S/C17H21N3O3/c21-14-6-9-20(11-15-18-7-8-19-15)12-17(14,16(22)23)10-13-4-2-1-3-5-13/h1-5,7-8,14,21H,6,9-12H2,(H,18,19)(H,22,23)/t14-,17+/m0/s1. The van der Waals surface area contributed by atoms with E-state index in [1.165, 1.54) is 0 Å². The van der Waals surface area contributed by atoms with Crippen LogP contribution < -0.4 is 0 Å². The molecule has 0 unspecified atom stereocenters. The summed E-state index contributed by atoms with van der Waals surface area (Å²) >= 11 is 0. The highest BCUT2D eigenvalue weighted by Gasteiger charge is 2.49. The second-order valence-corrected chi connectivity index (χ2v) is 6.17. The van der Waals surface area contributed by atoms with Crippen LogP contribution in [0.5, 0.6) is 0 Å². The minimum atomic E-state index is -1.19. The topological polar surface area (TPSA) is 89.5 Å². The molecule has 1 saturated heterocycles. The number of aliphatic hydroxyl groups is 1. The molecule has 6 heteroatoms. The second-order valence-electron chi connectivity index (χ2n) is 6.17. The van der Waals surface area contributed by atoms with E-state index in [1.807, 2.05) is 35.2 Å². The number of carboxylic acids is 1. The highest BCUT2D eigenvalue weighted by molar-refractivity contribution is 5.76. The Labute approximate surface area is 134 Å². The van der Waals surface area contributed by atoms with E-state index in [-0.39, 0.29) is 0 Å². The third kappa shape index (κ3) is 3.28. The number of nitrogens with zero attached hydrogens (tertiary/aromatic N) is 2. The van der Waals surface area contributed by atoms with Crippen LogP contribution in [0.1, 0.15) is 17.8 Å². The number of carboxylic acid groups (broad SMARTS) is 1. The number of H-pyrrole nitrogens is 1. The molecule has 1 aromatic carbocycles. The number of benzene rings is 1. The summed E-state index contributed by atoms with van der Waals surface area (Å²) in [6.45, 7) is 1.52. The molecule has 6 nitrogen and oxygen atoms in total. The Morgan fingerprint density at radius 1 is 1.39 bits per heavy atom. The number of hydrogen-bond acceptors (Lipinski definition) is 4. The Kier molecular flexibility index (Phi) is 4.45. The fourth-order valence-corrected chi connectivity index (χ4v) is 3.32. The van der Waals surface area contributed by atoms with Gasteiger partial charge in [0.1, 0.15) is 11.2 Å². The van der Waals surface area contributed by atoms with Crippen LogP contribution in [0.4, 0.5) is 0 Å². The molecule has 1 aliphatic rings. The SMILES string of the molecule is O=C(O)[C@]1(Cc2ccccc2)CN(Cc2ncc[nH]2)CC[C@@H]1O. The molecule has 0 spiro atoms. The smallest absolute Gasteiger partial charge is 0.313 e. The van der Waals surface area contributed by atoms with E-state index in [2.05, 4.69) is 9.97 Å². The first-order valence-electron chi connectivity index (χ1n) is 7.76. The number of aliphatic carboxylic acids is 1. The predicted octanol–water partition coefficient (Wildman–Crippen LogP) is 1.29. The van der Waals surface area contributed by atoms with E-state index >= 15 is 0 Å². The van der Waals surface area contributed by atoms with Gasteiger partial charge in [-0.15, -0.1) is 0 Å². The average molecular weight is 315 g/mol. The molecule has 122 valence electrons. The summed E-state index contributed by atoms with van der Waals surface area (Å²) in [5, 5.41) is 20.3. The first-order chi connectivity index (χ1) is 11.1. The van der Waals surface area contributed by atoms with E-state index in [4.69, 9.17) is 0 Å². The number of carbonyl (C=O) groups is 1. The van der Waals surface area contributed by atoms with E-state index in [0.29, 0.717) is 32.5 Å². The predicted molar refractivity (Wildman–Crippen MR) is 84.7 cm³/mol. The van der Waals surface area contributed by atoms with Gasteiger partial charge < -0.3 is 15.2 Å². The fourth-order valence-electron chi connectivity index (χ4n) is 3.32. The fraction of sp³-hybridized carbons (Fsp3) is 0.412.